The number of para-hydroxylation sites is 1. The number of hydrogen-bond donors (Lipinski definition) is 0. The second kappa shape index (κ2) is 8.72. The molecule has 0 atom stereocenters. The number of furan rings is 1. The lowest BCUT2D eigenvalue weighted by Crippen LogP contribution is -1.93. The van der Waals surface area contributed by atoms with Crippen LogP contribution in [0.3, 0.4) is 0 Å². The average molecular weight is 508 g/mol. The lowest BCUT2D eigenvalue weighted by atomic mass is 9.83. The zero-order valence-corrected chi connectivity index (χ0v) is 20.4. The summed E-state index contributed by atoms with van der Waals surface area (Å²) in [5, 5.41) is 2.73. The molecule has 7 aromatic carbocycles. The van der Waals surface area contributed by atoms with Crippen LogP contribution in [0, 0.1) is 0 Å². The molecule has 0 spiro atoms. The molecule has 39 heavy (non-hydrogen) atoms. The fraction of sp³-hybridized carbons (Fsp3) is 0. The van der Waals surface area contributed by atoms with Crippen LogP contribution in [0.25, 0.3) is 76.9 Å². The van der Waals surface area contributed by atoms with Crippen molar-refractivity contribution < 1.29 is 19.5 Å². The van der Waals surface area contributed by atoms with Crippen molar-refractivity contribution in [2.24, 2.45) is 0 Å². The standard InChI is InChI=1S/C38H24O/c1-3-13-25(14-4-1)32-23-33-27-17-11-12-22-35(27)39-36(33)24-34(32)38-30-20-9-7-18-28(30)37(26-15-5-2-6-16-26)29-19-8-10-21-31(29)38/h1-24H/i1D,3D,4D,11D,12D,13D,14D,17D,22D,23D,24D. The zero-order chi connectivity index (χ0) is 35.3. The first-order valence-corrected chi connectivity index (χ1v) is 12.5. The molecular formula is C38H24O. The Morgan fingerprint density at radius 3 is 1.69 bits per heavy atom. The largest absolute Gasteiger partial charge is 0.456 e. The molecule has 182 valence electrons. The molecule has 0 aliphatic heterocycles. The highest BCUT2D eigenvalue weighted by atomic mass is 16.3. The Morgan fingerprint density at radius 2 is 1.00 bits per heavy atom. The number of fused-ring (bicyclic) bond motifs is 5. The first-order valence-electron chi connectivity index (χ1n) is 18.0. The van der Waals surface area contributed by atoms with Gasteiger partial charge in [-0.25, -0.2) is 0 Å². The molecule has 0 amide bonds. The van der Waals surface area contributed by atoms with Crippen molar-refractivity contribution in [3.8, 4) is 33.4 Å². The first-order chi connectivity index (χ1) is 24.0. The quantitative estimate of drug-likeness (QED) is 0.217. The highest BCUT2D eigenvalue weighted by molar-refractivity contribution is 6.23. The molecule has 8 rings (SSSR count). The van der Waals surface area contributed by atoms with Gasteiger partial charge in [-0.1, -0.05) is 127 Å². The Balaban J connectivity index is 1.68. The minimum absolute atomic E-state index is 0.0716. The van der Waals surface area contributed by atoms with Gasteiger partial charge in [0, 0.05) is 10.8 Å². The van der Waals surface area contributed by atoms with E-state index in [4.69, 9.17) is 16.8 Å². The van der Waals surface area contributed by atoms with E-state index in [0.29, 0.717) is 16.3 Å². The van der Waals surface area contributed by atoms with Crippen LogP contribution in [0.2, 0.25) is 0 Å². The topological polar surface area (TPSA) is 13.1 Å². The summed E-state index contributed by atoms with van der Waals surface area (Å²) < 4.78 is 103. The summed E-state index contributed by atoms with van der Waals surface area (Å²) in [5.41, 5.74) is 1.55. The maximum atomic E-state index is 9.76. The fourth-order valence-corrected chi connectivity index (χ4v) is 5.45. The molecule has 0 aliphatic rings. The van der Waals surface area contributed by atoms with Gasteiger partial charge in [-0.2, -0.15) is 0 Å². The summed E-state index contributed by atoms with van der Waals surface area (Å²) in [6, 6.07) is 19.2. The summed E-state index contributed by atoms with van der Waals surface area (Å²) >= 11 is 0. The molecule has 0 unspecified atom stereocenters. The van der Waals surface area contributed by atoms with Crippen LogP contribution in [0.15, 0.2) is 150 Å². The van der Waals surface area contributed by atoms with Crippen LogP contribution in [0.4, 0.5) is 0 Å². The Bertz CT molecular complexity index is 2680. The van der Waals surface area contributed by atoms with Gasteiger partial charge < -0.3 is 4.42 Å². The second-order valence-electron chi connectivity index (χ2n) is 9.22. The molecule has 1 heteroatoms. The summed E-state index contributed by atoms with van der Waals surface area (Å²) in [5.74, 6) is 0. The van der Waals surface area contributed by atoms with Gasteiger partial charge in [0.05, 0.1) is 15.1 Å². The molecule has 0 bridgehead atoms. The van der Waals surface area contributed by atoms with Gasteiger partial charge in [-0.3, -0.25) is 0 Å². The normalized spacial score (nSPS) is 15.5. The van der Waals surface area contributed by atoms with E-state index in [0.717, 1.165) is 21.9 Å². The molecule has 8 aromatic rings. The van der Waals surface area contributed by atoms with Crippen LogP contribution in [0.1, 0.15) is 15.1 Å². The predicted molar refractivity (Wildman–Crippen MR) is 165 cm³/mol. The smallest absolute Gasteiger partial charge is 0.136 e. The van der Waals surface area contributed by atoms with Crippen molar-refractivity contribution in [1.29, 1.82) is 0 Å². The maximum Gasteiger partial charge on any atom is 0.136 e. The molecule has 0 fully saturated rings. The highest BCUT2D eigenvalue weighted by Crippen LogP contribution is 2.47. The maximum absolute atomic E-state index is 9.76. The van der Waals surface area contributed by atoms with Crippen molar-refractivity contribution in [3.05, 3.63) is 145 Å². The van der Waals surface area contributed by atoms with Gasteiger partial charge in [0.1, 0.15) is 11.2 Å². The number of benzene rings is 7. The second-order valence-corrected chi connectivity index (χ2v) is 9.22. The van der Waals surface area contributed by atoms with E-state index in [2.05, 4.69) is 0 Å². The predicted octanol–water partition coefficient (Wildman–Crippen LogP) is 10.9. The van der Waals surface area contributed by atoms with E-state index in [1.165, 1.54) is 0 Å². The Hall–Kier alpha value is -5.14. The highest BCUT2D eigenvalue weighted by Gasteiger charge is 2.20. The molecule has 0 saturated heterocycles. The van der Waals surface area contributed by atoms with E-state index in [-0.39, 0.29) is 44.7 Å². The van der Waals surface area contributed by atoms with Crippen LogP contribution in [-0.4, -0.2) is 0 Å². The minimum Gasteiger partial charge on any atom is -0.456 e. The van der Waals surface area contributed by atoms with Crippen LogP contribution >= 0.6 is 0 Å². The van der Waals surface area contributed by atoms with E-state index >= 15 is 0 Å². The summed E-state index contributed by atoms with van der Waals surface area (Å²) in [4.78, 5) is 0. The SMILES string of the molecule is [2H]c1c([2H])c([2H])c(-c2c(-c3c4ccccc4c(-c4ccccc4)c4ccccc34)c([2H])c3oc4c([2H])c([2H])c([2H])c([2H])c4c3c2[2H])c([2H])c1[2H]. The lowest BCUT2D eigenvalue weighted by molar-refractivity contribution is 0.669. The lowest BCUT2D eigenvalue weighted by Gasteiger charge is -2.19. The summed E-state index contributed by atoms with van der Waals surface area (Å²) in [6.45, 7) is 0. The minimum atomic E-state index is -0.619. The van der Waals surface area contributed by atoms with Crippen LogP contribution in [0.5, 0.6) is 0 Å². The Kier molecular flexibility index (Phi) is 3.04. The average Bonchev–Trinajstić information content (AvgIpc) is 3.55. The van der Waals surface area contributed by atoms with Crippen molar-refractivity contribution in [3.63, 3.8) is 0 Å². The van der Waals surface area contributed by atoms with E-state index in [1.54, 1.807) is 0 Å². The molecule has 0 radical (unpaired) electrons. The molecule has 0 N–H and O–H groups in total. The van der Waals surface area contributed by atoms with Gasteiger partial charge in [0.25, 0.3) is 0 Å². The molecular weight excluding hydrogens is 472 g/mol. The summed E-state index contributed by atoms with van der Waals surface area (Å²) in [6.07, 6.45) is 0. The molecule has 1 aromatic heterocycles. The number of rotatable bonds is 3. The van der Waals surface area contributed by atoms with E-state index in [9.17, 15) is 2.74 Å². The molecule has 1 heterocycles. The van der Waals surface area contributed by atoms with Crippen LogP contribution in [-0.2, 0) is 0 Å². The van der Waals surface area contributed by atoms with E-state index in [1.807, 2.05) is 78.9 Å². The van der Waals surface area contributed by atoms with Gasteiger partial charge >= 0.3 is 0 Å². The van der Waals surface area contributed by atoms with Gasteiger partial charge in [0.2, 0.25) is 0 Å². The number of hydrogen-bond acceptors (Lipinski definition) is 1. The van der Waals surface area contributed by atoms with Crippen molar-refractivity contribution in [1.82, 2.24) is 0 Å². The fourth-order valence-electron chi connectivity index (χ4n) is 5.45. The third-order valence-corrected chi connectivity index (χ3v) is 7.07. The molecule has 1 nitrogen and oxygen atoms in total. The summed E-state index contributed by atoms with van der Waals surface area (Å²) in [7, 11) is 0. The van der Waals surface area contributed by atoms with Crippen molar-refractivity contribution in [2.45, 2.75) is 0 Å². The third kappa shape index (κ3) is 3.41. The van der Waals surface area contributed by atoms with Crippen molar-refractivity contribution >= 4 is 43.5 Å². The van der Waals surface area contributed by atoms with Crippen molar-refractivity contribution in [2.75, 3.05) is 0 Å². The zero-order valence-electron chi connectivity index (χ0n) is 31.4. The molecule has 0 saturated carbocycles. The third-order valence-electron chi connectivity index (χ3n) is 7.07. The van der Waals surface area contributed by atoms with Gasteiger partial charge in [-0.15, -0.1) is 0 Å². The van der Waals surface area contributed by atoms with Gasteiger partial charge in [0.15, 0.2) is 0 Å². The monoisotopic (exact) mass is 507 g/mol. The Morgan fingerprint density at radius 1 is 0.410 bits per heavy atom. The van der Waals surface area contributed by atoms with Crippen LogP contribution < -0.4 is 0 Å². The van der Waals surface area contributed by atoms with Gasteiger partial charge in [-0.05, 0) is 73.1 Å². The Labute approximate surface area is 242 Å². The van der Waals surface area contributed by atoms with E-state index < -0.39 is 60.4 Å². The first kappa shape index (κ1) is 13.6. The molecule has 0 aliphatic carbocycles.